The number of benzene rings is 1. The summed E-state index contributed by atoms with van der Waals surface area (Å²) in [6.45, 7) is 0. The van der Waals surface area contributed by atoms with Crippen LogP contribution in [0, 0.1) is 0 Å². The van der Waals surface area contributed by atoms with Crippen molar-refractivity contribution in [2.24, 2.45) is 0 Å². The molecule has 1 heterocycles. The van der Waals surface area contributed by atoms with E-state index in [2.05, 4.69) is 31.1 Å². The van der Waals surface area contributed by atoms with Gasteiger partial charge >= 0.3 is 0 Å². The molecule has 1 aromatic carbocycles. The fourth-order valence-corrected chi connectivity index (χ4v) is 2.19. The van der Waals surface area contributed by atoms with E-state index >= 15 is 0 Å². The first kappa shape index (κ1) is 12.6. The topological polar surface area (TPSA) is 77.1 Å². The first-order chi connectivity index (χ1) is 8.69. The normalized spacial score (nSPS) is 10.2. The highest BCUT2D eigenvalue weighted by molar-refractivity contribution is 9.10. The van der Waals surface area contributed by atoms with E-state index in [1.54, 1.807) is 12.1 Å². The van der Waals surface area contributed by atoms with Gasteiger partial charge in [0, 0.05) is 0 Å². The fourth-order valence-electron chi connectivity index (χ4n) is 1.52. The number of hydrogen-bond acceptors (Lipinski definition) is 5. The Morgan fingerprint density at radius 3 is 2.67 bits per heavy atom. The Morgan fingerprint density at radius 1 is 1.33 bits per heavy atom. The minimum atomic E-state index is -0.298. The van der Waals surface area contributed by atoms with Crippen molar-refractivity contribution in [3.63, 3.8) is 0 Å². The zero-order valence-electron chi connectivity index (χ0n) is 9.73. The molecule has 0 aliphatic rings. The fraction of sp³-hybridized carbons (Fsp3) is 0.182. The van der Waals surface area contributed by atoms with Gasteiger partial charge in [-0.3, -0.25) is 9.89 Å². The average molecular weight is 312 g/mol. The number of carbonyl (C=O) groups excluding carboxylic acids is 1. The number of aromatic nitrogens is 3. The Morgan fingerprint density at radius 2 is 2.11 bits per heavy atom. The molecular formula is C11H10BrN3O3. The minimum Gasteiger partial charge on any atom is -0.495 e. The van der Waals surface area contributed by atoms with Crippen LogP contribution in [0.1, 0.15) is 16.2 Å². The lowest BCUT2D eigenvalue weighted by Gasteiger charge is -2.11. The van der Waals surface area contributed by atoms with Gasteiger partial charge in [0.05, 0.1) is 19.8 Å². The Hall–Kier alpha value is -1.89. The minimum absolute atomic E-state index is 0.158. The third-order valence-electron chi connectivity index (χ3n) is 2.36. The number of rotatable bonds is 4. The second kappa shape index (κ2) is 5.18. The van der Waals surface area contributed by atoms with E-state index in [0.717, 1.165) is 0 Å². The number of hydrogen-bond donors (Lipinski definition) is 1. The van der Waals surface area contributed by atoms with E-state index in [1.165, 1.54) is 20.5 Å². The Balaban J connectivity index is 2.52. The molecule has 0 spiro atoms. The summed E-state index contributed by atoms with van der Waals surface area (Å²) in [7, 11) is 3.02. The summed E-state index contributed by atoms with van der Waals surface area (Å²) in [4.78, 5) is 16.0. The molecule has 0 aliphatic heterocycles. The molecule has 0 atom stereocenters. The van der Waals surface area contributed by atoms with Gasteiger partial charge in [-0.25, -0.2) is 4.98 Å². The van der Waals surface area contributed by atoms with Crippen molar-refractivity contribution in [2.75, 3.05) is 14.2 Å². The lowest BCUT2D eigenvalue weighted by atomic mass is 10.1. The number of H-pyrrole nitrogens is 1. The summed E-state index contributed by atoms with van der Waals surface area (Å²) < 4.78 is 10.9. The molecular weight excluding hydrogens is 302 g/mol. The van der Waals surface area contributed by atoms with Crippen molar-refractivity contribution in [1.29, 1.82) is 0 Å². The quantitative estimate of drug-likeness (QED) is 0.871. The van der Waals surface area contributed by atoms with Gasteiger partial charge in [-0.05, 0) is 28.1 Å². The zero-order valence-corrected chi connectivity index (χ0v) is 11.3. The molecule has 0 saturated heterocycles. The third-order valence-corrected chi connectivity index (χ3v) is 3.11. The molecule has 2 aromatic rings. The van der Waals surface area contributed by atoms with E-state index in [-0.39, 0.29) is 11.6 Å². The number of aromatic amines is 1. The molecule has 7 heteroatoms. The van der Waals surface area contributed by atoms with Crippen LogP contribution in [0.3, 0.4) is 0 Å². The molecule has 1 N–H and O–H groups in total. The summed E-state index contributed by atoms with van der Waals surface area (Å²) >= 11 is 3.34. The molecule has 0 amide bonds. The van der Waals surface area contributed by atoms with E-state index in [0.29, 0.717) is 21.5 Å². The van der Waals surface area contributed by atoms with Crippen LogP contribution >= 0.6 is 15.9 Å². The van der Waals surface area contributed by atoms with E-state index in [1.807, 2.05) is 0 Å². The molecule has 2 rings (SSSR count). The molecule has 0 fully saturated rings. The number of methoxy groups -OCH3 is 2. The Bertz CT molecular complexity index is 569. The van der Waals surface area contributed by atoms with Crippen LogP contribution in [0.15, 0.2) is 22.9 Å². The van der Waals surface area contributed by atoms with Crippen LogP contribution in [0.25, 0.3) is 0 Å². The van der Waals surface area contributed by atoms with Gasteiger partial charge in [0.1, 0.15) is 22.3 Å². The highest BCUT2D eigenvalue weighted by Gasteiger charge is 2.21. The zero-order chi connectivity index (χ0) is 13.1. The molecule has 1 aromatic heterocycles. The molecule has 0 saturated carbocycles. The average Bonchev–Trinajstić information content (AvgIpc) is 2.91. The lowest BCUT2D eigenvalue weighted by molar-refractivity contribution is 0.102. The predicted octanol–water partition coefficient (Wildman–Crippen LogP) is 1.82. The number of halogens is 1. The van der Waals surface area contributed by atoms with Crippen molar-refractivity contribution in [1.82, 2.24) is 15.2 Å². The molecule has 0 unspecified atom stereocenters. The summed E-state index contributed by atoms with van der Waals surface area (Å²) in [6, 6.07) is 3.30. The SMILES string of the molecule is COc1ccc(C(=O)c2ncn[nH]2)c(OC)c1Br. The molecule has 0 bridgehead atoms. The van der Waals surface area contributed by atoms with Gasteiger partial charge in [0.15, 0.2) is 5.82 Å². The standard InChI is InChI=1S/C11H10BrN3O3/c1-17-7-4-3-6(10(18-2)8(7)12)9(16)11-13-5-14-15-11/h3-5H,1-2H3,(H,13,14,15). The van der Waals surface area contributed by atoms with Gasteiger partial charge in [-0.1, -0.05) is 0 Å². The lowest BCUT2D eigenvalue weighted by Crippen LogP contribution is -2.07. The first-order valence-electron chi connectivity index (χ1n) is 4.99. The number of ether oxygens (including phenoxy) is 2. The predicted molar refractivity (Wildman–Crippen MR) is 67.1 cm³/mol. The largest absolute Gasteiger partial charge is 0.495 e. The van der Waals surface area contributed by atoms with Gasteiger partial charge in [0.2, 0.25) is 5.78 Å². The van der Waals surface area contributed by atoms with Crippen molar-refractivity contribution in [3.8, 4) is 11.5 Å². The van der Waals surface area contributed by atoms with Crippen LogP contribution in [0.4, 0.5) is 0 Å². The van der Waals surface area contributed by atoms with E-state index in [9.17, 15) is 4.79 Å². The summed E-state index contributed by atoms with van der Waals surface area (Å²) in [5.74, 6) is 0.842. The van der Waals surface area contributed by atoms with Crippen molar-refractivity contribution in [2.45, 2.75) is 0 Å². The van der Waals surface area contributed by atoms with Crippen molar-refractivity contribution < 1.29 is 14.3 Å². The van der Waals surface area contributed by atoms with Crippen molar-refractivity contribution in [3.05, 3.63) is 34.3 Å². The summed E-state index contributed by atoms with van der Waals surface area (Å²) in [6.07, 6.45) is 1.28. The summed E-state index contributed by atoms with van der Waals surface area (Å²) in [5, 5.41) is 6.17. The Kier molecular flexibility index (Phi) is 3.61. The van der Waals surface area contributed by atoms with Gasteiger partial charge < -0.3 is 9.47 Å². The number of ketones is 1. The molecule has 0 aliphatic carbocycles. The van der Waals surface area contributed by atoms with Crippen LogP contribution in [-0.2, 0) is 0 Å². The van der Waals surface area contributed by atoms with Crippen molar-refractivity contribution >= 4 is 21.7 Å². The van der Waals surface area contributed by atoms with Crippen LogP contribution in [0.2, 0.25) is 0 Å². The first-order valence-corrected chi connectivity index (χ1v) is 5.79. The van der Waals surface area contributed by atoms with E-state index < -0.39 is 0 Å². The smallest absolute Gasteiger partial charge is 0.233 e. The number of carbonyl (C=O) groups is 1. The van der Waals surface area contributed by atoms with Crippen LogP contribution in [-0.4, -0.2) is 35.2 Å². The molecule has 18 heavy (non-hydrogen) atoms. The van der Waals surface area contributed by atoms with E-state index in [4.69, 9.17) is 9.47 Å². The maximum absolute atomic E-state index is 12.2. The van der Waals surface area contributed by atoms with Gasteiger partial charge in [0.25, 0.3) is 0 Å². The highest BCUT2D eigenvalue weighted by atomic mass is 79.9. The monoisotopic (exact) mass is 311 g/mol. The maximum atomic E-state index is 12.2. The van der Waals surface area contributed by atoms with Gasteiger partial charge in [-0.2, -0.15) is 5.10 Å². The Labute approximate surface area is 111 Å². The molecule has 6 nitrogen and oxygen atoms in total. The second-order valence-electron chi connectivity index (χ2n) is 3.33. The van der Waals surface area contributed by atoms with Crippen LogP contribution < -0.4 is 9.47 Å². The second-order valence-corrected chi connectivity index (χ2v) is 4.12. The number of nitrogens with one attached hydrogen (secondary N) is 1. The maximum Gasteiger partial charge on any atom is 0.233 e. The molecule has 0 radical (unpaired) electrons. The molecule has 94 valence electrons. The highest BCUT2D eigenvalue weighted by Crippen LogP contribution is 2.37. The van der Waals surface area contributed by atoms with Gasteiger partial charge in [-0.15, -0.1) is 0 Å². The summed E-state index contributed by atoms with van der Waals surface area (Å²) in [5.41, 5.74) is 0.377. The third kappa shape index (κ3) is 2.08. The van der Waals surface area contributed by atoms with Crippen LogP contribution in [0.5, 0.6) is 11.5 Å². The number of nitrogens with zero attached hydrogens (tertiary/aromatic N) is 2.